The average molecular weight is 318 g/mol. The van der Waals surface area contributed by atoms with Crippen molar-refractivity contribution in [3.8, 4) is 0 Å². The highest BCUT2D eigenvalue weighted by Crippen LogP contribution is 2.24. The molecule has 0 aliphatic carbocycles. The summed E-state index contributed by atoms with van der Waals surface area (Å²) in [6, 6.07) is 1.78. The molecule has 0 unspecified atom stereocenters. The lowest BCUT2D eigenvalue weighted by atomic mass is 10.0. The monoisotopic (exact) mass is 317 g/mol. The molecule has 0 fully saturated rings. The van der Waals surface area contributed by atoms with Crippen LogP contribution in [0.5, 0.6) is 0 Å². The molecule has 0 saturated carbocycles. The Hall–Kier alpha value is -1.95. The van der Waals surface area contributed by atoms with Gasteiger partial charge in [-0.25, -0.2) is 13.6 Å². The Morgan fingerprint density at radius 2 is 2.00 bits per heavy atom. The molecule has 7 heteroatoms. The van der Waals surface area contributed by atoms with Crippen LogP contribution < -0.4 is 5.32 Å². The highest BCUT2D eigenvalue weighted by molar-refractivity contribution is 6.32. The van der Waals surface area contributed by atoms with Gasteiger partial charge in [-0.3, -0.25) is 4.79 Å². The number of Topliss-reactive ketones (excluding diaryl/α,β-unsaturated/α-hetero) is 1. The first-order valence-corrected chi connectivity index (χ1v) is 6.60. The fourth-order valence-electron chi connectivity index (χ4n) is 1.48. The summed E-state index contributed by atoms with van der Waals surface area (Å²) >= 11 is 5.42. The van der Waals surface area contributed by atoms with Crippen molar-refractivity contribution in [3.63, 3.8) is 0 Å². The van der Waals surface area contributed by atoms with Gasteiger partial charge in [0, 0.05) is 12.7 Å². The number of nitrogens with one attached hydrogen (secondary N) is 1. The molecule has 21 heavy (non-hydrogen) atoms. The van der Waals surface area contributed by atoms with Gasteiger partial charge in [0.15, 0.2) is 5.82 Å². The number of hydrogen-bond donors (Lipinski definition) is 1. The highest BCUT2D eigenvalue weighted by atomic mass is 35.5. The number of benzene rings is 1. The fourth-order valence-corrected chi connectivity index (χ4v) is 1.64. The molecule has 4 nitrogen and oxygen atoms in total. The second kappa shape index (κ2) is 7.73. The van der Waals surface area contributed by atoms with E-state index in [1.807, 2.05) is 0 Å². The summed E-state index contributed by atoms with van der Waals surface area (Å²) in [5, 5.41) is 1.87. The summed E-state index contributed by atoms with van der Waals surface area (Å²) in [6.07, 6.45) is 1.14. The van der Waals surface area contributed by atoms with Gasteiger partial charge in [0.05, 0.1) is 12.2 Å². The zero-order chi connectivity index (χ0) is 16.0. The molecular weight excluding hydrogens is 304 g/mol. The van der Waals surface area contributed by atoms with Gasteiger partial charge >= 0.3 is 5.97 Å². The molecule has 0 radical (unpaired) electrons. The van der Waals surface area contributed by atoms with Crippen molar-refractivity contribution in [3.05, 3.63) is 46.1 Å². The van der Waals surface area contributed by atoms with E-state index in [0.717, 1.165) is 18.3 Å². The smallest absolute Gasteiger partial charge is 0.343 e. The zero-order valence-corrected chi connectivity index (χ0v) is 12.3. The Morgan fingerprint density at radius 3 is 2.57 bits per heavy atom. The van der Waals surface area contributed by atoms with Gasteiger partial charge in [-0.15, -0.1) is 0 Å². The van der Waals surface area contributed by atoms with Gasteiger partial charge in [0.2, 0.25) is 5.78 Å². The first kappa shape index (κ1) is 17.1. The molecule has 0 bridgehead atoms. The molecule has 0 amide bonds. The van der Waals surface area contributed by atoms with E-state index in [2.05, 4.69) is 5.32 Å². The molecule has 1 rings (SSSR count). The third kappa shape index (κ3) is 4.01. The van der Waals surface area contributed by atoms with Crippen molar-refractivity contribution in [1.29, 1.82) is 0 Å². The number of esters is 1. The minimum absolute atomic E-state index is 0.0578. The van der Waals surface area contributed by atoms with Crippen LogP contribution in [0.25, 0.3) is 0 Å². The maximum atomic E-state index is 13.9. The number of halogens is 3. The predicted molar refractivity (Wildman–Crippen MR) is 74.1 cm³/mol. The van der Waals surface area contributed by atoms with Crippen molar-refractivity contribution >= 4 is 23.4 Å². The lowest BCUT2D eigenvalue weighted by Gasteiger charge is -2.08. The molecule has 1 N–H and O–H groups in total. The lowest BCUT2D eigenvalue weighted by molar-refractivity contribution is -0.138. The lowest BCUT2D eigenvalue weighted by Crippen LogP contribution is -2.20. The Kier molecular flexibility index (Phi) is 6.30. The van der Waals surface area contributed by atoms with E-state index in [0.29, 0.717) is 6.54 Å². The van der Waals surface area contributed by atoms with Crippen LogP contribution in [0.1, 0.15) is 24.2 Å². The summed E-state index contributed by atoms with van der Waals surface area (Å²) in [6.45, 7) is 3.83. The number of carbonyl (C=O) groups is 2. The molecular formula is C14H14ClF2NO3. The van der Waals surface area contributed by atoms with Gasteiger partial charge < -0.3 is 10.1 Å². The third-order valence-corrected chi connectivity index (χ3v) is 2.82. The average Bonchev–Trinajstić information content (AvgIpc) is 2.45. The summed E-state index contributed by atoms with van der Waals surface area (Å²) in [7, 11) is 0. The molecule has 1 aromatic carbocycles. The second-order valence-corrected chi connectivity index (χ2v) is 4.27. The number of rotatable bonds is 6. The SMILES string of the molecule is CCN/C=C(\C(=O)OCC)C(=O)c1ccc(F)c(Cl)c1F. The van der Waals surface area contributed by atoms with E-state index >= 15 is 0 Å². The molecule has 0 aliphatic rings. The molecule has 0 atom stereocenters. The minimum atomic E-state index is -1.21. The Morgan fingerprint density at radius 1 is 1.33 bits per heavy atom. The van der Waals surface area contributed by atoms with Crippen molar-refractivity contribution in [2.24, 2.45) is 0 Å². The quantitative estimate of drug-likeness (QED) is 0.219. The van der Waals surface area contributed by atoms with Gasteiger partial charge in [-0.1, -0.05) is 11.6 Å². The molecule has 0 aliphatic heterocycles. The first-order chi connectivity index (χ1) is 9.93. The number of hydrogen-bond acceptors (Lipinski definition) is 4. The van der Waals surface area contributed by atoms with Gasteiger partial charge in [-0.2, -0.15) is 0 Å². The summed E-state index contributed by atoms with van der Waals surface area (Å²) in [4.78, 5) is 24.0. The Bertz CT molecular complexity index is 588. The van der Waals surface area contributed by atoms with Crippen molar-refractivity contribution in [2.45, 2.75) is 13.8 Å². The summed E-state index contributed by atoms with van der Waals surface area (Å²) < 4.78 is 31.7. The molecule has 0 heterocycles. The van der Waals surface area contributed by atoms with Crippen molar-refractivity contribution < 1.29 is 23.1 Å². The molecule has 0 spiro atoms. The van der Waals surface area contributed by atoms with Crippen LogP contribution in [0, 0.1) is 11.6 Å². The van der Waals surface area contributed by atoms with Crippen LogP contribution in [0.3, 0.4) is 0 Å². The minimum Gasteiger partial charge on any atom is -0.462 e. The normalized spacial score (nSPS) is 11.2. The highest BCUT2D eigenvalue weighted by Gasteiger charge is 2.25. The van der Waals surface area contributed by atoms with E-state index in [9.17, 15) is 18.4 Å². The largest absolute Gasteiger partial charge is 0.462 e. The van der Waals surface area contributed by atoms with E-state index in [4.69, 9.17) is 16.3 Å². The van der Waals surface area contributed by atoms with E-state index < -0.39 is 34.0 Å². The van der Waals surface area contributed by atoms with Crippen LogP contribution in [0.15, 0.2) is 23.9 Å². The first-order valence-electron chi connectivity index (χ1n) is 6.22. The zero-order valence-electron chi connectivity index (χ0n) is 11.5. The second-order valence-electron chi connectivity index (χ2n) is 3.89. The molecule has 114 valence electrons. The van der Waals surface area contributed by atoms with Crippen LogP contribution >= 0.6 is 11.6 Å². The molecule has 1 aromatic rings. The maximum Gasteiger partial charge on any atom is 0.343 e. The standard InChI is InChI=1S/C14H14ClF2NO3/c1-3-18-7-9(14(20)21-4-2)13(19)8-5-6-10(16)11(15)12(8)17/h5-7,18H,3-4H2,1-2H3/b9-7-. The van der Waals surface area contributed by atoms with E-state index in [-0.39, 0.29) is 12.2 Å². The van der Waals surface area contributed by atoms with Crippen LogP contribution in [0.4, 0.5) is 8.78 Å². The molecule has 0 aromatic heterocycles. The topological polar surface area (TPSA) is 55.4 Å². The number of ether oxygens (including phenoxy) is 1. The van der Waals surface area contributed by atoms with E-state index in [1.54, 1.807) is 13.8 Å². The predicted octanol–water partition coefficient (Wildman–Crippen LogP) is 2.86. The Labute approximate surface area is 125 Å². The van der Waals surface area contributed by atoms with E-state index in [1.165, 1.54) is 0 Å². The fraction of sp³-hybridized carbons (Fsp3) is 0.286. The third-order valence-electron chi connectivity index (χ3n) is 2.47. The summed E-state index contributed by atoms with van der Waals surface area (Å²) in [5.74, 6) is -4.04. The van der Waals surface area contributed by atoms with Crippen molar-refractivity contribution in [2.75, 3.05) is 13.2 Å². The Balaban J connectivity index is 3.23. The molecule has 0 saturated heterocycles. The van der Waals surface area contributed by atoms with Gasteiger partial charge in [-0.05, 0) is 26.0 Å². The van der Waals surface area contributed by atoms with Gasteiger partial charge in [0.1, 0.15) is 16.4 Å². The number of carbonyl (C=O) groups excluding carboxylic acids is 2. The van der Waals surface area contributed by atoms with Crippen LogP contribution in [0.2, 0.25) is 5.02 Å². The van der Waals surface area contributed by atoms with Crippen molar-refractivity contribution in [1.82, 2.24) is 5.32 Å². The van der Waals surface area contributed by atoms with Crippen LogP contribution in [-0.2, 0) is 9.53 Å². The summed E-state index contributed by atoms with van der Waals surface area (Å²) in [5.41, 5.74) is -0.890. The maximum absolute atomic E-state index is 13.9. The van der Waals surface area contributed by atoms with Crippen LogP contribution in [-0.4, -0.2) is 24.9 Å². The number of ketones is 1. The van der Waals surface area contributed by atoms with Gasteiger partial charge in [0.25, 0.3) is 0 Å².